The quantitative estimate of drug-likeness (QED) is 0.432. The second-order valence-corrected chi connectivity index (χ2v) is 6.78. The summed E-state index contributed by atoms with van der Waals surface area (Å²) in [4.78, 5) is 0. The van der Waals surface area contributed by atoms with E-state index in [1.807, 2.05) is 85.0 Å². The van der Waals surface area contributed by atoms with Gasteiger partial charge >= 0.3 is 10.4 Å². The van der Waals surface area contributed by atoms with E-state index in [0.717, 1.165) is 16.7 Å². The van der Waals surface area contributed by atoms with Crippen molar-refractivity contribution >= 4 is 34.7 Å². The summed E-state index contributed by atoms with van der Waals surface area (Å²) in [6, 6.07) is 24.4. The first-order valence-electron chi connectivity index (χ1n) is 8.27. The standard InChI is InChI=1S/C22H18O4S.H3N/c23-27(24,25)26-22-13-7-12-20(16-14-18-8-3-1-4-9-18)21(22)17-15-19-10-5-2-6-11-19;/h1-17H,(H,23,24,25);1H3/b16-14+,17-15+;. The zero-order valence-corrected chi connectivity index (χ0v) is 15.9. The largest absolute Gasteiger partial charge is 0.446 e. The van der Waals surface area contributed by atoms with Crippen molar-refractivity contribution in [1.82, 2.24) is 6.15 Å². The van der Waals surface area contributed by atoms with Crippen molar-refractivity contribution in [2.75, 3.05) is 0 Å². The Hall–Kier alpha value is -3.19. The summed E-state index contributed by atoms with van der Waals surface area (Å²) >= 11 is 0. The van der Waals surface area contributed by atoms with Crippen molar-refractivity contribution in [1.29, 1.82) is 0 Å². The average molecular weight is 395 g/mol. The van der Waals surface area contributed by atoms with Crippen LogP contribution < -0.4 is 10.3 Å². The van der Waals surface area contributed by atoms with Gasteiger partial charge in [-0.25, -0.2) is 0 Å². The fourth-order valence-electron chi connectivity index (χ4n) is 2.56. The highest BCUT2D eigenvalue weighted by molar-refractivity contribution is 7.81. The molecule has 3 aromatic rings. The van der Waals surface area contributed by atoms with Gasteiger partial charge in [0.05, 0.1) is 0 Å². The minimum absolute atomic E-state index is 0. The van der Waals surface area contributed by atoms with Crippen molar-refractivity contribution in [2.45, 2.75) is 0 Å². The van der Waals surface area contributed by atoms with E-state index in [1.165, 1.54) is 6.07 Å². The summed E-state index contributed by atoms with van der Waals surface area (Å²) in [5.41, 5.74) is 3.27. The van der Waals surface area contributed by atoms with Crippen molar-refractivity contribution in [3.8, 4) is 5.75 Å². The SMILES string of the molecule is N.O=S(=O)(O)Oc1cccc(/C=C/c2ccccc2)c1/C=C/c1ccccc1. The third-order valence-corrected chi connectivity index (χ3v) is 4.18. The molecule has 0 radical (unpaired) electrons. The summed E-state index contributed by atoms with van der Waals surface area (Å²) in [6.45, 7) is 0. The van der Waals surface area contributed by atoms with Crippen LogP contribution >= 0.6 is 0 Å². The summed E-state index contributed by atoms with van der Waals surface area (Å²) in [5.74, 6) is 0.0555. The molecule has 0 unspecified atom stereocenters. The Labute approximate surface area is 165 Å². The average Bonchev–Trinajstić information content (AvgIpc) is 2.66. The molecule has 0 atom stereocenters. The Bertz CT molecular complexity index is 1060. The van der Waals surface area contributed by atoms with Gasteiger partial charge in [-0.3, -0.25) is 4.55 Å². The van der Waals surface area contributed by atoms with Crippen LogP contribution in [0.3, 0.4) is 0 Å². The van der Waals surface area contributed by atoms with Gasteiger partial charge in [-0.05, 0) is 28.8 Å². The van der Waals surface area contributed by atoms with E-state index in [1.54, 1.807) is 12.1 Å². The molecule has 4 N–H and O–H groups in total. The smallest absolute Gasteiger partial charge is 0.361 e. The van der Waals surface area contributed by atoms with Gasteiger partial charge in [0.25, 0.3) is 0 Å². The molecule has 0 saturated carbocycles. The van der Waals surface area contributed by atoms with Crippen LogP contribution in [0, 0.1) is 0 Å². The highest BCUT2D eigenvalue weighted by Crippen LogP contribution is 2.27. The molecular weight excluding hydrogens is 374 g/mol. The van der Waals surface area contributed by atoms with Crippen LogP contribution in [0.4, 0.5) is 0 Å². The summed E-state index contributed by atoms with van der Waals surface area (Å²) in [6.07, 6.45) is 7.41. The maximum absolute atomic E-state index is 11.2. The Balaban J connectivity index is 0.00000280. The molecule has 3 rings (SSSR count). The second kappa shape index (κ2) is 9.66. The molecule has 0 heterocycles. The maximum Gasteiger partial charge on any atom is 0.446 e. The lowest BCUT2D eigenvalue weighted by Gasteiger charge is -2.09. The van der Waals surface area contributed by atoms with E-state index in [-0.39, 0.29) is 11.9 Å². The second-order valence-electron chi connectivity index (χ2n) is 5.76. The molecule has 0 aromatic heterocycles. The highest BCUT2D eigenvalue weighted by Gasteiger charge is 2.12. The van der Waals surface area contributed by atoms with Crippen LogP contribution in [0.15, 0.2) is 78.9 Å². The van der Waals surface area contributed by atoms with E-state index in [4.69, 9.17) is 8.74 Å². The van der Waals surface area contributed by atoms with Crippen LogP contribution in [0.5, 0.6) is 5.75 Å². The van der Waals surface area contributed by atoms with Crippen molar-refractivity contribution in [3.63, 3.8) is 0 Å². The normalized spacial score (nSPS) is 11.5. The number of hydrogen-bond donors (Lipinski definition) is 2. The van der Waals surface area contributed by atoms with Crippen molar-refractivity contribution in [2.24, 2.45) is 0 Å². The lowest BCUT2D eigenvalue weighted by atomic mass is 10.0. The molecule has 0 aliphatic rings. The minimum Gasteiger partial charge on any atom is -0.361 e. The molecule has 0 spiro atoms. The van der Waals surface area contributed by atoms with Crippen LogP contribution in [0.2, 0.25) is 0 Å². The molecule has 0 amide bonds. The predicted octanol–water partition coefficient (Wildman–Crippen LogP) is 5.37. The van der Waals surface area contributed by atoms with Gasteiger partial charge in [0.15, 0.2) is 5.75 Å². The fourth-order valence-corrected chi connectivity index (χ4v) is 2.94. The minimum atomic E-state index is -4.62. The van der Waals surface area contributed by atoms with Crippen LogP contribution in [0.1, 0.15) is 22.3 Å². The molecule has 6 heteroatoms. The first kappa shape index (κ1) is 21.1. The number of benzene rings is 3. The topological polar surface area (TPSA) is 98.6 Å². The lowest BCUT2D eigenvalue weighted by molar-refractivity contribution is 0.386. The molecule has 28 heavy (non-hydrogen) atoms. The van der Waals surface area contributed by atoms with Gasteiger partial charge in [-0.15, -0.1) is 0 Å². The Morgan fingerprint density at radius 2 is 1.21 bits per heavy atom. The summed E-state index contributed by atoms with van der Waals surface area (Å²) in [5, 5.41) is 0. The molecule has 5 nitrogen and oxygen atoms in total. The van der Waals surface area contributed by atoms with Gasteiger partial charge in [0.2, 0.25) is 0 Å². The first-order valence-corrected chi connectivity index (χ1v) is 9.64. The van der Waals surface area contributed by atoms with Crippen molar-refractivity contribution in [3.05, 3.63) is 101 Å². The zero-order chi connectivity index (χ0) is 19.1. The Morgan fingerprint density at radius 3 is 1.75 bits per heavy atom. The van der Waals surface area contributed by atoms with Crippen LogP contribution in [0.25, 0.3) is 24.3 Å². The maximum atomic E-state index is 11.2. The monoisotopic (exact) mass is 395 g/mol. The third-order valence-electron chi connectivity index (χ3n) is 3.79. The highest BCUT2D eigenvalue weighted by atomic mass is 32.3. The fraction of sp³-hybridized carbons (Fsp3) is 0. The molecule has 144 valence electrons. The van der Waals surface area contributed by atoms with E-state index in [9.17, 15) is 8.42 Å². The third kappa shape index (κ3) is 6.21. The molecule has 0 bridgehead atoms. The van der Waals surface area contributed by atoms with E-state index in [0.29, 0.717) is 5.56 Å². The molecular formula is C22H21NO4S. The van der Waals surface area contributed by atoms with E-state index >= 15 is 0 Å². The Kier molecular flexibility index (Phi) is 7.28. The van der Waals surface area contributed by atoms with E-state index in [2.05, 4.69) is 0 Å². The zero-order valence-electron chi connectivity index (χ0n) is 15.1. The molecule has 0 aliphatic heterocycles. The molecule has 0 aliphatic carbocycles. The van der Waals surface area contributed by atoms with Crippen molar-refractivity contribution < 1.29 is 17.2 Å². The van der Waals surface area contributed by atoms with Crippen LogP contribution in [-0.4, -0.2) is 13.0 Å². The van der Waals surface area contributed by atoms with Gasteiger partial charge < -0.3 is 10.3 Å². The number of rotatable bonds is 6. The van der Waals surface area contributed by atoms with Gasteiger partial charge in [-0.2, -0.15) is 8.42 Å². The van der Waals surface area contributed by atoms with Crippen LogP contribution in [-0.2, 0) is 10.4 Å². The first-order chi connectivity index (χ1) is 13.0. The summed E-state index contributed by atoms with van der Waals surface area (Å²) in [7, 11) is -4.62. The molecule has 0 fully saturated rings. The van der Waals surface area contributed by atoms with Gasteiger partial charge in [-0.1, -0.05) is 91.0 Å². The van der Waals surface area contributed by atoms with Gasteiger partial charge in [0, 0.05) is 5.56 Å². The molecule has 3 aromatic carbocycles. The number of hydrogen-bond acceptors (Lipinski definition) is 4. The Morgan fingerprint density at radius 1 is 0.679 bits per heavy atom. The lowest BCUT2D eigenvalue weighted by Crippen LogP contribution is -2.08. The van der Waals surface area contributed by atoms with Gasteiger partial charge in [0.1, 0.15) is 0 Å². The van der Waals surface area contributed by atoms with E-state index < -0.39 is 10.4 Å². The summed E-state index contributed by atoms with van der Waals surface area (Å²) < 4.78 is 36.3. The molecule has 0 saturated heterocycles. The predicted molar refractivity (Wildman–Crippen MR) is 114 cm³/mol.